The van der Waals surface area contributed by atoms with E-state index in [1.807, 2.05) is 30.3 Å². The highest BCUT2D eigenvalue weighted by Crippen LogP contribution is 2.01. The minimum absolute atomic E-state index is 0.559. The molecule has 0 fully saturated rings. The second-order valence-electron chi connectivity index (χ2n) is 2.19. The molecule has 0 aliphatic carbocycles. The minimum Gasteiger partial charge on any atom is -0.369 e. The Hall–Kier alpha value is -0.860. The van der Waals surface area contributed by atoms with Crippen LogP contribution in [0.15, 0.2) is 30.3 Å². The van der Waals surface area contributed by atoms with Crippen molar-refractivity contribution < 1.29 is 4.74 Å². The molecule has 0 aliphatic rings. The summed E-state index contributed by atoms with van der Waals surface area (Å²) in [5.74, 6) is 0. The van der Waals surface area contributed by atoms with Gasteiger partial charge in [-0.05, 0) is 5.56 Å². The summed E-state index contributed by atoms with van der Waals surface area (Å²) in [5, 5.41) is 0. The molecular formula is C9H12NO. The fourth-order valence-corrected chi connectivity index (χ4v) is 0.755. The number of ether oxygens (including phenoxy) is 1. The van der Waals surface area contributed by atoms with E-state index in [2.05, 4.69) is 0 Å². The summed E-state index contributed by atoms with van der Waals surface area (Å²) in [7, 11) is 0. The van der Waals surface area contributed by atoms with Crippen molar-refractivity contribution in [2.75, 3.05) is 13.2 Å². The van der Waals surface area contributed by atoms with Crippen molar-refractivity contribution in [2.45, 2.75) is 0 Å². The SMILES string of the molecule is NCCO[CH]c1ccccc1. The Labute approximate surface area is 67.0 Å². The number of benzene rings is 1. The van der Waals surface area contributed by atoms with Crippen molar-refractivity contribution in [3.63, 3.8) is 0 Å². The summed E-state index contributed by atoms with van der Waals surface area (Å²) in [6.45, 7) is 2.85. The smallest absolute Gasteiger partial charge is 0.113 e. The largest absolute Gasteiger partial charge is 0.369 e. The number of nitrogens with two attached hydrogens (primary N) is 1. The molecule has 0 atom stereocenters. The molecule has 1 radical (unpaired) electrons. The number of hydrogen-bond donors (Lipinski definition) is 1. The molecule has 0 bridgehead atoms. The minimum atomic E-state index is 0.559. The molecular weight excluding hydrogens is 138 g/mol. The van der Waals surface area contributed by atoms with Gasteiger partial charge in [-0.1, -0.05) is 30.3 Å². The second-order valence-corrected chi connectivity index (χ2v) is 2.19. The fourth-order valence-electron chi connectivity index (χ4n) is 0.755. The van der Waals surface area contributed by atoms with Gasteiger partial charge in [0.25, 0.3) is 0 Å². The third-order valence-electron chi connectivity index (χ3n) is 1.25. The summed E-state index contributed by atoms with van der Waals surface area (Å²) in [6.07, 6.45) is 0. The van der Waals surface area contributed by atoms with Crippen molar-refractivity contribution in [3.8, 4) is 0 Å². The lowest BCUT2D eigenvalue weighted by Gasteiger charge is -1.99. The zero-order chi connectivity index (χ0) is 7.94. The van der Waals surface area contributed by atoms with E-state index >= 15 is 0 Å². The van der Waals surface area contributed by atoms with Gasteiger partial charge in [0.15, 0.2) is 0 Å². The highest BCUT2D eigenvalue weighted by atomic mass is 16.5. The van der Waals surface area contributed by atoms with Crippen LogP contribution < -0.4 is 5.73 Å². The molecule has 0 heterocycles. The van der Waals surface area contributed by atoms with Gasteiger partial charge in [-0.25, -0.2) is 0 Å². The van der Waals surface area contributed by atoms with Crippen LogP contribution in [0.2, 0.25) is 0 Å². The predicted octanol–water partition coefficient (Wildman–Crippen LogP) is 1.17. The standard InChI is InChI=1S/C9H12NO/c10-6-7-11-8-9-4-2-1-3-5-9/h1-5,8H,6-7,10H2. The van der Waals surface area contributed by atoms with Crippen LogP contribution in [0.1, 0.15) is 5.56 Å². The molecule has 0 aromatic heterocycles. The monoisotopic (exact) mass is 150 g/mol. The first-order valence-electron chi connectivity index (χ1n) is 3.63. The fraction of sp³-hybridized carbons (Fsp3) is 0.222. The molecule has 0 amide bonds. The molecule has 11 heavy (non-hydrogen) atoms. The maximum atomic E-state index is 5.25. The van der Waals surface area contributed by atoms with E-state index in [9.17, 15) is 0 Å². The Kier molecular flexibility index (Phi) is 3.65. The van der Waals surface area contributed by atoms with Gasteiger partial charge >= 0.3 is 0 Å². The van der Waals surface area contributed by atoms with E-state index in [4.69, 9.17) is 10.5 Å². The average molecular weight is 150 g/mol. The molecule has 1 rings (SSSR count). The Bertz CT molecular complexity index is 186. The summed E-state index contributed by atoms with van der Waals surface area (Å²) in [5.41, 5.74) is 6.32. The lowest BCUT2D eigenvalue weighted by atomic mass is 10.2. The van der Waals surface area contributed by atoms with Gasteiger partial charge in [0.2, 0.25) is 0 Å². The van der Waals surface area contributed by atoms with Crippen molar-refractivity contribution in [1.29, 1.82) is 0 Å². The molecule has 2 heteroatoms. The third-order valence-corrected chi connectivity index (χ3v) is 1.25. The molecule has 0 unspecified atom stereocenters. The topological polar surface area (TPSA) is 35.2 Å². The summed E-state index contributed by atoms with van der Waals surface area (Å²) < 4.78 is 5.12. The highest BCUT2D eigenvalue weighted by molar-refractivity contribution is 5.19. The molecule has 59 valence electrons. The summed E-state index contributed by atoms with van der Waals surface area (Å²) >= 11 is 0. The van der Waals surface area contributed by atoms with Crippen LogP contribution in [-0.2, 0) is 4.74 Å². The van der Waals surface area contributed by atoms with Crippen molar-refractivity contribution in [1.82, 2.24) is 0 Å². The lowest BCUT2D eigenvalue weighted by Crippen LogP contribution is -2.07. The van der Waals surface area contributed by atoms with Crippen molar-refractivity contribution in [3.05, 3.63) is 42.5 Å². The zero-order valence-electron chi connectivity index (χ0n) is 6.36. The van der Waals surface area contributed by atoms with Crippen molar-refractivity contribution in [2.24, 2.45) is 5.73 Å². The second kappa shape index (κ2) is 4.88. The van der Waals surface area contributed by atoms with Gasteiger partial charge in [-0.3, -0.25) is 0 Å². The van der Waals surface area contributed by atoms with E-state index in [0.717, 1.165) is 5.56 Å². The van der Waals surface area contributed by atoms with Crippen LogP contribution in [-0.4, -0.2) is 13.2 Å². The van der Waals surface area contributed by atoms with Crippen LogP contribution in [0, 0.1) is 6.61 Å². The molecule has 1 aromatic carbocycles. The van der Waals surface area contributed by atoms with E-state index in [1.165, 1.54) is 0 Å². The summed E-state index contributed by atoms with van der Waals surface area (Å²) in [4.78, 5) is 0. The molecule has 0 spiro atoms. The molecule has 2 nitrogen and oxygen atoms in total. The Morgan fingerprint density at radius 1 is 1.27 bits per heavy atom. The first-order chi connectivity index (χ1) is 5.43. The van der Waals surface area contributed by atoms with E-state index in [1.54, 1.807) is 6.61 Å². The van der Waals surface area contributed by atoms with Crippen LogP contribution in [0.3, 0.4) is 0 Å². The Morgan fingerprint density at radius 3 is 2.64 bits per heavy atom. The Balaban J connectivity index is 2.28. The first-order valence-corrected chi connectivity index (χ1v) is 3.63. The maximum absolute atomic E-state index is 5.25. The zero-order valence-corrected chi connectivity index (χ0v) is 6.36. The molecule has 0 saturated heterocycles. The van der Waals surface area contributed by atoms with Crippen molar-refractivity contribution >= 4 is 0 Å². The van der Waals surface area contributed by atoms with Gasteiger partial charge in [0.05, 0.1) is 6.61 Å². The predicted molar refractivity (Wildman–Crippen MR) is 44.9 cm³/mol. The molecule has 2 N–H and O–H groups in total. The van der Waals surface area contributed by atoms with Gasteiger partial charge in [-0.15, -0.1) is 0 Å². The van der Waals surface area contributed by atoms with Gasteiger partial charge in [-0.2, -0.15) is 0 Å². The molecule has 0 aliphatic heterocycles. The van der Waals surface area contributed by atoms with E-state index in [0.29, 0.717) is 13.2 Å². The lowest BCUT2D eigenvalue weighted by molar-refractivity contribution is 0.221. The van der Waals surface area contributed by atoms with E-state index < -0.39 is 0 Å². The third kappa shape index (κ3) is 3.16. The van der Waals surface area contributed by atoms with Crippen LogP contribution in [0.4, 0.5) is 0 Å². The number of hydrogen-bond acceptors (Lipinski definition) is 2. The van der Waals surface area contributed by atoms with Gasteiger partial charge < -0.3 is 10.5 Å². The quantitative estimate of drug-likeness (QED) is 0.654. The number of rotatable bonds is 4. The molecule has 0 saturated carbocycles. The normalized spacial score (nSPS) is 9.91. The average Bonchev–Trinajstić information content (AvgIpc) is 2.07. The van der Waals surface area contributed by atoms with Gasteiger partial charge in [0.1, 0.15) is 6.61 Å². The van der Waals surface area contributed by atoms with Gasteiger partial charge in [0, 0.05) is 6.54 Å². The summed E-state index contributed by atoms with van der Waals surface area (Å²) in [6, 6.07) is 9.88. The first kappa shape index (κ1) is 8.24. The Morgan fingerprint density at radius 2 is 2.00 bits per heavy atom. The van der Waals surface area contributed by atoms with Crippen LogP contribution >= 0.6 is 0 Å². The van der Waals surface area contributed by atoms with Crippen LogP contribution in [0.25, 0.3) is 0 Å². The van der Waals surface area contributed by atoms with Crippen LogP contribution in [0.5, 0.6) is 0 Å². The maximum Gasteiger partial charge on any atom is 0.113 e. The van der Waals surface area contributed by atoms with E-state index in [-0.39, 0.29) is 0 Å². The molecule has 1 aromatic rings. The highest BCUT2D eigenvalue weighted by Gasteiger charge is 1.89.